The largest absolute Gasteiger partial charge is 0.432 e. The monoisotopic (exact) mass is 668 g/mol. The molecule has 0 amide bonds. The molecule has 17 atom stereocenters. The number of hydrogen-bond donors (Lipinski definition) is 7. The Bertz CT molecular complexity index is 1210. The summed E-state index contributed by atoms with van der Waals surface area (Å²) in [5.74, 6) is -0.507. The second-order valence-electron chi connectivity index (χ2n) is 17.9. The van der Waals surface area contributed by atoms with Crippen LogP contribution >= 0.6 is 0 Å². The lowest BCUT2D eigenvalue weighted by molar-refractivity contribution is -0.303. The third-order valence-electron chi connectivity index (χ3n) is 15.6. The molecule has 270 valence electrons. The molecule has 6 rings (SSSR count). The molecule has 17 unspecified atom stereocenters. The Balaban J connectivity index is 1.27. The Labute approximate surface area is 279 Å². The van der Waals surface area contributed by atoms with Crippen LogP contribution < -0.4 is 0 Å². The predicted molar refractivity (Wildman–Crippen MR) is 169 cm³/mol. The maximum Gasteiger partial charge on any atom is 0.317 e. The molecule has 7 N–H and O–H groups in total. The first-order chi connectivity index (χ1) is 21.7. The van der Waals surface area contributed by atoms with E-state index >= 15 is 0 Å². The fraction of sp³-hybridized carbons (Fsp3) is 0.972. The highest BCUT2D eigenvalue weighted by molar-refractivity contribution is 5.78. The summed E-state index contributed by atoms with van der Waals surface area (Å²) in [5.41, 5.74) is -3.40. The summed E-state index contributed by atoms with van der Waals surface area (Å²) in [5, 5.41) is 74.8. The van der Waals surface area contributed by atoms with Gasteiger partial charge in [-0.25, -0.2) is 0 Å². The molecule has 47 heavy (non-hydrogen) atoms. The van der Waals surface area contributed by atoms with Gasteiger partial charge in [-0.1, -0.05) is 20.8 Å². The molecule has 0 aromatic rings. The van der Waals surface area contributed by atoms with Gasteiger partial charge in [-0.2, -0.15) is 0 Å². The molecule has 4 saturated carbocycles. The second-order valence-corrected chi connectivity index (χ2v) is 17.9. The van der Waals surface area contributed by atoms with Crippen molar-refractivity contribution in [1.29, 1.82) is 0 Å². The van der Waals surface area contributed by atoms with Crippen molar-refractivity contribution in [3.8, 4) is 0 Å². The number of carbonyl (C=O) groups is 1. The van der Waals surface area contributed by atoms with Crippen LogP contribution in [0.5, 0.6) is 0 Å². The average molecular weight is 669 g/mol. The van der Waals surface area contributed by atoms with Crippen molar-refractivity contribution in [2.24, 2.45) is 45.3 Å². The van der Waals surface area contributed by atoms with E-state index in [1.807, 2.05) is 13.8 Å². The number of carbonyl (C=O) groups excluding carboxylic acids is 1. The zero-order valence-corrected chi connectivity index (χ0v) is 29.3. The molecular formula is C36H60O11. The summed E-state index contributed by atoms with van der Waals surface area (Å²) in [6, 6.07) is 0. The maximum atomic E-state index is 14.1. The van der Waals surface area contributed by atoms with Crippen LogP contribution in [-0.2, 0) is 19.0 Å². The first-order valence-corrected chi connectivity index (χ1v) is 18.0. The van der Waals surface area contributed by atoms with Crippen LogP contribution in [0.2, 0.25) is 0 Å². The van der Waals surface area contributed by atoms with E-state index in [9.17, 15) is 40.5 Å². The van der Waals surface area contributed by atoms with Crippen LogP contribution in [0.25, 0.3) is 0 Å². The van der Waals surface area contributed by atoms with Crippen LogP contribution in [0.4, 0.5) is 0 Å². The molecule has 0 aromatic carbocycles. The Kier molecular flexibility index (Phi) is 8.84. The van der Waals surface area contributed by atoms with Gasteiger partial charge in [-0.3, -0.25) is 4.79 Å². The molecule has 0 radical (unpaired) electrons. The van der Waals surface area contributed by atoms with E-state index in [1.165, 1.54) is 0 Å². The molecule has 6 fully saturated rings. The minimum atomic E-state index is -1.75. The lowest BCUT2D eigenvalue weighted by atomic mass is 9.37. The van der Waals surface area contributed by atoms with Gasteiger partial charge in [0.05, 0.1) is 41.5 Å². The highest BCUT2D eigenvalue weighted by Crippen LogP contribution is 2.75. The first-order valence-electron chi connectivity index (χ1n) is 18.0. The number of rotatable bonds is 5. The van der Waals surface area contributed by atoms with E-state index in [1.54, 1.807) is 6.92 Å². The minimum absolute atomic E-state index is 0.00263. The Morgan fingerprint density at radius 1 is 0.787 bits per heavy atom. The summed E-state index contributed by atoms with van der Waals surface area (Å²) >= 11 is 0. The molecule has 0 aromatic heterocycles. The van der Waals surface area contributed by atoms with Crippen molar-refractivity contribution >= 4 is 5.97 Å². The normalized spacial score (nSPS) is 56.4. The molecule has 11 heteroatoms. The summed E-state index contributed by atoms with van der Waals surface area (Å²) in [6.45, 7) is 13.9. The predicted octanol–water partition coefficient (Wildman–Crippen LogP) is 2.03. The van der Waals surface area contributed by atoms with Gasteiger partial charge in [0, 0.05) is 11.8 Å². The Hall–Kier alpha value is -0.890. The standard InChI is InChI=1S/C36H60O11/c1-31(2,44)25-12-15-34(5,47-25)21-11-14-32(3)18-8-9-22-35(6,19(18)10-13-33(21,32)4)23(38)16-24(39)36(22,7)30(43)46-29-28(42)27(41)26(40)20(17-37)45-29/h18-29,37-42,44H,8-17H2,1-7H3. The lowest BCUT2D eigenvalue weighted by Gasteiger charge is -2.68. The van der Waals surface area contributed by atoms with Gasteiger partial charge in [0.1, 0.15) is 24.4 Å². The number of fused-ring (bicyclic) bond motifs is 5. The molecule has 4 aliphatic carbocycles. The highest BCUT2D eigenvalue weighted by Gasteiger charge is 2.73. The van der Waals surface area contributed by atoms with E-state index in [0.29, 0.717) is 12.3 Å². The van der Waals surface area contributed by atoms with Gasteiger partial charge in [-0.05, 0) is 114 Å². The van der Waals surface area contributed by atoms with E-state index in [2.05, 4.69) is 27.7 Å². The third kappa shape index (κ3) is 4.95. The molecule has 2 saturated heterocycles. The highest BCUT2D eigenvalue weighted by atomic mass is 16.7. The smallest absolute Gasteiger partial charge is 0.317 e. The van der Waals surface area contributed by atoms with Gasteiger partial charge >= 0.3 is 5.97 Å². The second kappa shape index (κ2) is 11.6. The maximum absolute atomic E-state index is 14.1. The van der Waals surface area contributed by atoms with Gasteiger partial charge in [0.25, 0.3) is 0 Å². The molecule has 2 aliphatic heterocycles. The molecular weight excluding hydrogens is 608 g/mol. The summed E-state index contributed by atoms with van der Waals surface area (Å²) in [6.07, 6.45) is -3.09. The van der Waals surface area contributed by atoms with Crippen molar-refractivity contribution in [2.75, 3.05) is 6.61 Å². The van der Waals surface area contributed by atoms with E-state index in [-0.39, 0.29) is 40.8 Å². The number of esters is 1. The first kappa shape index (κ1) is 35.9. The Morgan fingerprint density at radius 2 is 1.45 bits per heavy atom. The SMILES string of the molecule is CC(C)(O)C1CCC(C)(C2CCC3(C)C4CCC5C(C)(C(=O)OC6OC(CO)C(O)C(O)C6O)C(O)CC(O)C5(C)C4CCC23C)O1. The van der Waals surface area contributed by atoms with Gasteiger partial charge < -0.3 is 50.0 Å². The van der Waals surface area contributed by atoms with Crippen LogP contribution in [0.1, 0.15) is 106 Å². The molecule has 0 spiro atoms. The fourth-order valence-corrected chi connectivity index (χ4v) is 12.4. The van der Waals surface area contributed by atoms with E-state index < -0.39 is 77.8 Å². The number of hydrogen-bond acceptors (Lipinski definition) is 11. The molecule has 11 nitrogen and oxygen atoms in total. The zero-order valence-electron chi connectivity index (χ0n) is 29.3. The van der Waals surface area contributed by atoms with Gasteiger partial charge in [0.15, 0.2) is 0 Å². The quantitative estimate of drug-likeness (QED) is 0.213. The Morgan fingerprint density at radius 3 is 2.06 bits per heavy atom. The van der Waals surface area contributed by atoms with Crippen molar-refractivity contribution in [3.05, 3.63) is 0 Å². The van der Waals surface area contributed by atoms with Crippen molar-refractivity contribution < 1.29 is 54.8 Å². The summed E-state index contributed by atoms with van der Waals surface area (Å²) < 4.78 is 17.9. The topological polar surface area (TPSA) is 186 Å². The van der Waals surface area contributed by atoms with Crippen molar-refractivity contribution in [3.63, 3.8) is 0 Å². The lowest BCUT2D eigenvalue weighted by Crippen LogP contribution is -2.69. The van der Waals surface area contributed by atoms with Gasteiger partial charge in [-0.15, -0.1) is 0 Å². The van der Waals surface area contributed by atoms with Crippen molar-refractivity contribution in [2.45, 2.75) is 166 Å². The summed E-state index contributed by atoms with van der Waals surface area (Å²) in [7, 11) is 0. The van der Waals surface area contributed by atoms with E-state index in [0.717, 1.165) is 44.9 Å². The number of ether oxygens (including phenoxy) is 3. The molecule has 2 heterocycles. The van der Waals surface area contributed by atoms with E-state index in [4.69, 9.17) is 14.2 Å². The molecule has 0 bridgehead atoms. The van der Waals surface area contributed by atoms with Gasteiger partial charge in [0.2, 0.25) is 6.29 Å². The summed E-state index contributed by atoms with van der Waals surface area (Å²) in [4.78, 5) is 14.1. The van der Waals surface area contributed by atoms with Crippen LogP contribution in [0.3, 0.4) is 0 Å². The average Bonchev–Trinajstić information content (AvgIpc) is 3.54. The number of aliphatic hydroxyl groups is 7. The zero-order chi connectivity index (χ0) is 34.7. The minimum Gasteiger partial charge on any atom is -0.432 e. The third-order valence-corrected chi connectivity index (χ3v) is 15.6. The number of aliphatic hydroxyl groups excluding tert-OH is 6. The fourth-order valence-electron chi connectivity index (χ4n) is 12.4. The van der Waals surface area contributed by atoms with Crippen LogP contribution in [0.15, 0.2) is 0 Å². The van der Waals surface area contributed by atoms with Crippen LogP contribution in [-0.4, -0.2) is 109 Å². The van der Waals surface area contributed by atoms with Crippen LogP contribution in [0, 0.1) is 45.3 Å². The molecule has 6 aliphatic rings. The van der Waals surface area contributed by atoms with Crippen molar-refractivity contribution in [1.82, 2.24) is 0 Å².